The SMILES string of the molecule is CC[C@H](C)C(/C=N\C(=O)OC)C(=O)N1[C@@H]2C(C)[C@@H]2C[C@H]1c1nc2ccc3cc(-c4ccc5c(ccc6nc(CN(CC(C)/C=C/OC)C(=O)[C@H](NC(=O)OC)c7ccccc7)[nH]c65)c4)ccc3c2[nH]1. The molecule has 1 aliphatic heterocycles. The fourth-order valence-electron chi connectivity index (χ4n) is 10.1. The van der Waals surface area contributed by atoms with Gasteiger partial charge >= 0.3 is 12.2 Å². The first-order valence-electron chi connectivity index (χ1n) is 23.6. The lowest BCUT2D eigenvalue weighted by Gasteiger charge is -2.31. The maximum absolute atomic E-state index is 14.4. The van der Waals surface area contributed by atoms with E-state index in [-0.39, 0.29) is 42.3 Å². The van der Waals surface area contributed by atoms with Gasteiger partial charge in [0, 0.05) is 29.6 Å². The zero-order valence-electron chi connectivity index (χ0n) is 39.9. The number of hydrogen-bond acceptors (Lipinski definition) is 9. The van der Waals surface area contributed by atoms with E-state index >= 15 is 0 Å². The summed E-state index contributed by atoms with van der Waals surface area (Å²) in [6, 6.07) is 29.0. The van der Waals surface area contributed by atoms with E-state index < -0.39 is 24.1 Å². The molecule has 4 amide bonds. The number of carbonyl (C=O) groups excluding carboxylic acids is 4. The van der Waals surface area contributed by atoms with Crippen molar-refractivity contribution in [1.82, 2.24) is 35.1 Å². The molecule has 15 heteroatoms. The molecular weight excluding hydrogens is 873 g/mol. The van der Waals surface area contributed by atoms with Crippen LogP contribution in [0.3, 0.4) is 0 Å². The number of aliphatic imine (C=N–C) groups is 1. The lowest BCUT2D eigenvalue weighted by atomic mass is 9.90. The van der Waals surface area contributed by atoms with Crippen LogP contribution in [0.4, 0.5) is 9.59 Å². The number of nitrogens with one attached hydrogen (secondary N) is 3. The molecule has 0 spiro atoms. The average Bonchev–Trinajstić information content (AvgIpc) is 3.80. The van der Waals surface area contributed by atoms with Gasteiger partial charge in [-0.05, 0) is 87.9 Å². The standard InChI is InChI=1S/C54H58N8O7/c1-8-31(3)41(27-55-53(65)68-6)51(63)62-44(26-40-32(4)49(40)62)50-57-43-21-17-37-25-35(15-19-39(37)48(43)59-50)34-14-18-38-36(24-34)16-20-42-47(38)58-45(56-42)29-61(28-30(2)22-23-67-5)52(64)46(60-54(66)69-7)33-12-10-9-11-13-33/h9-25,27,30-32,40-41,44,46,49H,8,26,28-29H2,1-7H3,(H,56,58)(H,57,59)(H,60,66)/b23-22+,55-27-/t30?,31-,32?,40-,41?,44-,46+,49+/m0/s1. The molecule has 8 atom stereocenters. The van der Waals surface area contributed by atoms with Crippen molar-refractivity contribution >= 4 is 73.8 Å². The van der Waals surface area contributed by atoms with Crippen LogP contribution in [0.15, 0.2) is 108 Å². The summed E-state index contributed by atoms with van der Waals surface area (Å²) in [5.74, 6) is 1.18. The highest BCUT2D eigenvalue weighted by molar-refractivity contribution is 6.08. The fourth-order valence-corrected chi connectivity index (χ4v) is 10.1. The minimum Gasteiger partial charge on any atom is -0.505 e. The largest absolute Gasteiger partial charge is 0.505 e. The van der Waals surface area contributed by atoms with E-state index in [1.54, 1.807) is 30.4 Å². The van der Waals surface area contributed by atoms with Gasteiger partial charge in [0.2, 0.25) is 11.8 Å². The Morgan fingerprint density at radius 1 is 0.870 bits per heavy atom. The van der Waals surface area contributed by atoms with E-state index in [0.717, 1.165) is 73.4 Å². The molecule has 2 aromatic heterocycles. The lowest BCUT2D eigenvalue weighted by Crippen LogP contribution is -2.44. The highest BCUT2D eigenvalue weighted by Gasteiger charge is 2.61. The topological polar surface area (TPSA) is 184 Å². The fraction of sp³-hybridized carbons (Fsp3) is 0.352. The number of likely N-dealkylation sites (tertiary alicyclic amines) is 1. The highest BCUT2D eigenvalue weighted by Crippen LogP contribution is 2.58. The molecule has 1 saturated heterocycles. The molecule has 1 aliphatic carbocycles. The molecule has 5 aromatic carbocycles. The van der Waals surface area contributed by atoms with Gasteiger partial charge in [0.25, 0.3) is 0 Å². The molecule has 15 nitrogen and oxygen atoms in total. The Morgan fingerprint density at radius 2 is 1.54 bits per heavy atom. The maximum Gasteiger partial charge on any atom is 0.432 e. The van der Waals surface area contributed by atoms with E-state index in [2.05, 4.69) is 75.7 Å². The van der Waals surface area contributed by atoms with Gasteiger partial charge in [0.05, 0.1) is 68.2 Å². The summed E-state index contributed by atoms with van der Waals surface area (Å²) in [4.78, 5) is 78.0. The zero-order valence-corrected chi connectivity index (χ0v) is 39.9. The second-order valence-electron chi connectivity index (χ2n) is 18.5. The minimum absolute atomic E-state index is 0.0154. The first kappa shape index (κ1) is 46.6. The number of benzene rings is 5. The Kier molecular flexibility index (Phi) is 13.2. The normalized spacial score (nSPS) is 19.5. The second-order valence-corrected chi connectivity index (χ2v) is 18.5. The Bertz CT molecular complexity index is 3130. The van der Waals surface area contributed by atoms with Crippen LogP contribution in [-0.2, 0) is 30.3 Å². The number of carbonyl (C=O) groups is 4. The summed E-state index contributed by atoms with van der Waals surface area (Å²) in [5.41, 5.74) is 6.12. The van der Waals surface area contributed by atoms with Crippen LogP contribution in [0.25, 0.3) is 54.7 Å². The van der Waals surface area contributed by atoms with Crippen molar-refractivity contribution in [2.45, 2.75) is 65.2 Å². The number of piperidine rings is 1. The van der Waals surface area contributed by atoms with E-state index in [1.165, 1.54) is 20.4 Å². The van der Waals surface area contributed by atoms with Gasteiger partial charge in [-0.3, -0.25) is 9.59 Å². The molecule has 356 valence electrons. The quantitative estimate of drug-likeness (QED) is 0.0665. The molecule has 3 heterocycles. The third-order valence-corrected chi connectivity index (χ3v) is 14.2. The van der Waals surface area contributed by atoms with Gasteiger partial charge in [-0.2, -0.15) is 4.99 Å². The predicted molar refractivity (Wildman–Crippen MR) is 266 cm³/mol. The van der Waals surface area contributed by atoms with Crippen LogP contribution in [0.1, 0.15) is 69.8 Å². The van der Waals surface area contributed by atoms with Gasteiger partial charge < -0.3 is 39.3 Å². The summed E-state index contributed by atoms with van der Waals surface area (Å²) in [6.45, 7) is 8.74. The number of ether oxygens (including phenoxy) is 3. The van der Waals surface area contributed by atoms with Crippen molar-refractivity contribution in [3.05, 3.63) is 121 Å². The number of nitrogens with zero attached hydrogens (tertiary/aromatic N) is 5. The molecule has 0 bridgehead atoms. The van der Waals surface area contributed by atoms with Crippen molar-refractivity contribution in [3.63, 3.8) is 0 Å². The third-order valence-electron chi connectivity index (χ3n) is 14.2. The maximum atomic E-state index is 14.4. The van der Waals surface area contributed by atoms with Crippen molar-refractivity contribution in [2.75, 3.05) is 27.9 Å². The van der Waals surface area contributed by atoms with Gasteiger partial charge in [0.15, 0.2) is 0 Å². The Hall–Kier alpha value is -7.55. The van der Waals surface area contributed by atoms with Gasteiger partial charge in [-0.1, -0.05) is 101 Å². The number of aromatic nitrogens is 4. The number of methoxy groups -OCH3 is 3. The lowest BCUT2D eigenvalue weighted by molar-refractivity contribution is -0.137. The minimum atomic E-state index is -0.982. The summed E-state index contributed by atoms with van der Waals surface area (Å²) >= 11 is 0. The van der Waals surface area contributed by atoms with Crippen molar-refractivity contribution in [2.24, 2.45) is 34.6 Å². The molecular formula is C54H58N8O7. The number of aromatic amines is 2. The number of alkyl carbamates (subject to hydrolysis) is 1. The van der Waals surface area contributed by atoms with E-state index in [0.29, 0.717) is 29.8 Å². The molecule has 7 aromatic rings. The average molecular weight is 931 g/mol. The van der Waals surface area contributed by atoms with E-state index in [9.17, 15) is 19.2 Å². The molecule has 9 rings (SSSR count). The van der Waals surface area contributed by atoms with Crippen LogP contribution in [-0.4, -0.2) is 93.9 Å². The van der Waals surface area contributed by atoms with E-state index in [4.69, 9.17) is 24.2 Å². The summed E-state index contributed by atoms with van der Waals surface area (Å²) in [5, 5.41) is 6.83. The second kappa shape index (κ2) is 19.6. The summed E-state index contributed by atoms with van der Waals surface area (Å²) < 4.78 is 14.8. The molecule has 3 N–H and O–H groups in total. The Labute approximate surface area is 400 Å². The Balaban J connectivity index is 0.981. The molecule has 2 fully saturated rings. The van der Waals surface area contributed by atoms with Crippen molar-refractivity contribution in [1.29, 1.82) is 0 Å². The van der Waals surface area contributed by atoms with Gasteiger partial charge in [0.1, 0.15) is 17.7 Å². The van der Waals surface area contributed by atoms with Crippen LogP contribution in [0.5, 0.6) is 0 Å². The molecule has 2 aliphatic rings. The van der Waals surface area contributed by atoms with Gasteiger partial charge in [-0.15, -0.1) is 0 Å². The van der Waals surface area contributed by atoms with Crippen LogP contribution >= 0.6 is 0 Å². The van der Waals surface area contributed by atoms with Crippen molar-refractivity contribution in [3.8, 4) is 11.1 Å². The number of hydrogen-bond donors (Lipinski definition) is 3. The summed E-state index contributed by atoms with van der Waals surface area (Å²) in [6.07, 6.45) is 5.10. The molecule has 3 unspecified atom stereocenters. The smallest absolute Gasteiger partial charge is 0.432 e. The number of H-pyrrole nitrogens is 2. The van der Waals surface area contributed by atoms with Crippen LogP contribution in [0.2, 0.25) is 0 Å². The first-order valence-corrected chi connectivity index (χ1v) is 23.6. The monoisotopic (exact) mass is 930 g/mol. The number of amides is 4. The highest BCUT2D eigenvalue weighted by atomic mass is 16.5. The number of rotatable bonds is 15. The van der Waals surface area contributed by atoms with Crippen LogP contribution in [0, 0.1) is 29.6 Å². The van der Waals surface area contributed by atoms with Crippen molar-refractivity contribution < 1.29 is 33.4 Å². The first-order chi connectivity index (χ1) is 33.4. The zero-order chi connectivity index (χ0) is 48.5. The summed E-state index contributed by atoms with van der Waals surface area (Å²) in [7, 11) is 4.13. The molecule has 1 saturated carbocycles. The molecule has 0 radical (unpaired) electrons. The Morgan fingerprint density at radius 3 is 2.17 bits per heavy atom. The van der Waals surface area contributed by atoms with Gasteiger partial charge in [-0.25, -0.2) is 19.6 Å². The number of imidazole rings is 2. The third kappa shape index (κ3) is 9.25. The van der Waals surface area contributed by atoms with E-state index in [1.807, 2.05) is 62.1 Å². The molecule has 69 heavy (non-hydrogen) atoms. The number of fused-ring (bicyclic) bond motifs is 7. The van der Waals surface area contributed by atoms with Crippen LogP contribution < -0.4 is 5.32 Å². The predicted octanol–water partition coefficient (Wildman–Crippen LogP) is 10.0.